The molecule has 0 radical (unpaired) electrons. The van der Waals surface area contributed by atoms with E-state index < -0.39 is 0 Å². The van der Waals surface area contributed by atoms with Crippen molar-refractivity contribution in [3.8, 4) is 0 Å². The highest BCUT2D eigenvalue weighted by molar-refractivity contribution is 5.69. The van der Waals surface area contributed by atoms with Crippen LogP contribution in [0.5, 0.6) is 0 Å². The first-order valence-electron chi connectivity index (χ1n) is 2.40. The van der Waals surface area contributed by atoms with Gasteiger partial charge in [-0.2, -0.15) is 0 Å². The van der Waals surface area contributed by atoms with E-state index in [-0.39, 0.29) is 6.04 Å². The zero-order valence-corrected chi connectivity index (χ0v) is 4.00. The molecule has 1 aliphatic heterocycles. The van der Waals surface area contributed by atoms with Crippen LogP contribution in [0.2, 0.25) is 0 Å². The van der Waals surface area contributed by atoms with E-state index in [1.165, 1.54) is 0 Å². The summed E-state index contributed by atoms with van der Waals surface area (Å²) in [5, 5.41) is 0. The second-order valence-corrected chi connectivity index (χ2v) is 1.61. The van der Waals surface area contributed by atoms with Gasteiger partial charge in [0.15, 0.2) is 0 Å². The summed E-state index contributed by atoms with van der Waals surface area (Å²) in [7, 11) is 0. The highest BCUT2D eigenvalue weighted by Crippen LogP contribution is 2.03. The molecule has 0 aromatic carbocycles. The van der Waals surface area contributed by atoms with Crippen molar-refractivity contribution in [1.82, 2.24) is 0 Å². The molecule has 1 atom stereocenters. The Hall–Kier alpha value is -0.660. The Morgan fingerprint density at radius 1 is 1.86 bits per heavy atom. The minimum absolute atomic E-state index is 0.0139. The van der Waals surface area contributed by atoms with E-state index in [0.29, 0.717) is 0 Å². The Bertz CT molecular complexity index is 98.3. The average molecular weight is 97.1 g/mol. The number of nitrogens with zero attached hydrogens (tertiary/aromatic N) is 1. The molecule has 38 valence electrons. The Labute approximate surface area is 42.3 Å². The Morgan fingerprint density at radius 3 is 3.00 bits per heavy atom. The summed E-state index contributed by atoms with van der Waals surface area (Å²) in [5.41, 5.74) is 0. The van der Waals surface area contributed by atoms with E-state index in [9.17, 15) is 4.79 Å². The van der Waals surface area contributed by atoms with Crippen LogP contribution >= 0.6 is 0 Å². The first kappa shape index (κ1) is 4.50. The minimum atomic E-state index is -0.0139. The monoisotopic (exact) mass is 97.1 g/mol. The molecule has 0 saturated carbocycles. The molecule has 0 aromatic heterocycles. The van der Waals surface area contributed by atoms with Gasteiger partial charge >= 0.3 is 0 Å². The van der Waals surface area contributed by atoms with Crippen LogP contribution in [0.1, 0.15) is 12.8 Å². The van der Waals surface area contributed by atoms with Gasteiger partial charge in [-0.05, 0) is 19.1 Å². The van der Waals surface area contributed by atoms with Crippen molar-refractivity contribution in [2.45, 2.75) is 18.9 Å². The van der Waals surface area contributed by atoms with E-state index in [1.54, 1.807) is 6.21 Å². The van der Waals surface area contributed by atoms with Gasteiger partial charge in [-0.3, -0.25) is 4.99 Å². The van der Waals surface area contributed by atoms with Crippen LogP contribution in [0.25, 0.3) is 0 Å². The van der Waals surface area contributed by atoms with Crippen molar-refractivity contribution in [1.29, 1.82) is 0 Å². The van der Waals surface area contributed by atoms with E-state index in [1.807, 2.05) is 0 Å². The topological polar surface area (TPSA) is 29.4 Å². The highest BCUT2D eigenvalue weighted by atomic mass is 16.1. The SMILES string of the molecule is O=CC1CCC=N1. The molecule has 1 unspecified atom stereocenters. The molecule has 0 N–H and O–H groups in total. The average Bonchev–Trinajstić information content (AvgIpc) is 2.14. The molecule has 0 aromatic rings. The number of hydrogen-bond donors (Lipinski definition) is 0. The predicted molar refractivity (Wildman–Crippen MR) is 27.6 cm³/mol. The summed E-state index contributed by atoms with van der Waals surface area (Å²) >= 11 is 0. The molecule has 1 aliphatic rings. The summed E-state index contributed by atoms with van der Waals surface area (Å²) in [6.07, 6.45) is 4.59. The Morgan fingerprint density at radius 2 is 2.71 bits per heavy atom. The Balaban J connectivity index is 2.42. The predicted octanol–water partition coefficient (Wildman–Crippen LogP) is 0.418. The van der Waals surface area contributed by atoms with Crippen LogP contribution in [-0.2, 0) is 4.79 Å². The maximum absolute atomic E-state index is 9.89. The summed E-state index contributed by atoms with van der Waals surface area (Å²) < 4.78 is 0. The summed E-state index contributed by atoms with van der Waals surface area (Å²) in [6.45, 7) is 0. The third-order valence-corrected chi connectivity index (χ3v) is 1.05. The van der Waals surface area contributed by atoms with Gasteiger partial charge in [0.2, 0.25) is 0 Å². The van der Waals surface area contributed by atoms with Gasteiger partial charge in [0.1, 0.15) is 12.3 Å². The molecular formula is C5H7NO. The van der Waals surface area contributed by atoms with Crippen LogP contribution in [0, 0.1) is 0 Å². The molecule has 0 bridgehead atoms. The lowest BCUT2D eigenvalue weighted by Gasteiger charge is -1.87. The van der Waals surface area contributed by atoms with Gasteiger partial charge in [-0.15, -0.1) is 0 Å². The van der Waals surface area contributed by atoms with Crippen molar-refractivity contribution in [2.75, 3.05) is 0 Å². The number of carbonyl (C=O) groups excluding carboxylic acids is 1. The van der Waals surface area contributed by atoms with E-state index in [4.69, 9.17) is 0 Å². The highest BCUT2D eigenvalue weighted by Gasteiger charge is 2.06. The van der Waals surface area contributed by atoms with E-state index in [0.717, 1.165) is 19.1 Å². The molecular weight excluding hydrogens is 90.1 g/mol. The molecule has 2 nitrogen and oxygen atoms in total. The van der Waals surface area contributed by atoms with Gasteiger partial charge in [0, 0.05) is 0 Å². The van der Waals surface area contributed by atoms with Crippen LogP contribution in [0.15, 0.2) is 4.99 Å². The number of aldehydes is 1. The van der Waals surface area contributed by atoms with Gasteiger partial charge in [0.05, 0.1) is 0 Å². The van der Waals surface area contributed by atoms with Crippen LogP contribution in [-0.4, -0.2) is 18.5 Å². The van der Waals surface area contributed by atoms with Crippen molar-refractivity contribution in [3.05, 3.63) is 0 Å². The second-order valence-electron chi connectivity index (χ2n) is 1.61. The van der Waals surface area contributed by atoms with Crippen molar-refractivity contribution < 1.29 is 4.79 Å². The molecule has 1 rings (SSSR count). The lowest BCUT2D eigenvalue weighted by molar-refractivity contribution is -0.108. The quantitative estimate of drug-likeness (QED) is 0.436. The largest absolute Gasteiger partial charge is 0.301 e. The molecule has 0 saturated heterocycles. The van der Waals surface area contributed by atoms with E-state index in [2.05, 4.69) is 4.99 Å². The lowest BCUT2D eigenvalue weighted by atomic mass is 10.2. The number of carbonyl (C=O) groups is 1. The van der Waals surface area contributed by atoms with E-state index >= 15 is 0 Å². The zero-order valence-electron chi connectivity index (χ0n) is 4.00. The van der Waals surface area contributed by atoms with Gasteiger partial charge in [-0.1, -0.05) is 0 Å². The minimum Gasteiger partial charge on any atom is -0.301 e. The molecule has 0 spiro atoms. The molecule has 0 fully saturated rings. The van der Waals surface area contributed by atoms with Crippen molar-refractivity contribution >= 4 is 12.5 Å². The van der Waals surface area contributed by atoms with Crippen molar-refractivity contribution in [3.63, 3.8) is 0 Å². The zero-order chi connectivity index (χ0) is 5.11. The number of aliphatic imine (C=N–C) groups is 1. The Kier molecular flexibility index (Phi) is 1.20. The van der Waals surface area contributed by atoms with Crippen molar-refractivity contribution in [2.24, 2.45) is 4.99 Å². The van der Waals surface area contributed by atoms with Crippen LogP contribution < -0.4 is 0 Å². The standard InChI is InChI=1S/C5H7NO/c7-4-5-2-1-3-6-5/h3-5H,1-2H2. The third kappa shape index (κ3) is 0.856. The first-order valence-corrected chi connectivity index (χ1v) is 2.40. The fourth-order valence-electron chi connectivity index (χ4n) is 0.633. The third-order valence-electron chi connectivity index (χ3n) is 1.05. The smallest absolute Gasteiger partial charge is 0.144 e. The molecule has 2 heteroatoms. The lowest BCUT2D eigenvalue weighted by Crippen LogP contribution is -1.98. The molecule has 0 aliphatic carbocycles. The first-order chi connectivity index (χ1) is 3.43. The van der Waals surface area contributed by atoms with Gasteiger partial charge in [-0.25, -0.2) is 0 Å². The summed E-state index contributed by atoms with van der Waals surface area (Å²) in [5.74, 6) is 0. The summed E-state index contributed by atoms with van der Waals surface area (Å²) in [4.78, 5) is 13.8. The maximum atomic E-state index is 9.89. The van der Waals surface area contributed by atoms with Crippen LogP contribution in [0.3, 0.4) is 0 Å². The molecule has 0 amide bonds. The fourth-order valence-corrected chi connectivity index (χ4v) is 0.633. The molecule has 1 heterocycles. The van der Waals surface area contributed by atoms with Crippen LogP contribution in [0.4, 0.5) is 0 Å². The fraction of sp³-hybridized carbons (Fsp3) is 0.600. The number of hydrogen-bond acceptors (Lipinski definition) is 2. The van der Waals surface area contributed by atoms with Gasteiger partial charge in [0.25, 0.3) is 0 Å². The summed E-state index contributed by atoms with van der Waals surface area (Å²) in [6, 6.07) is -0.0139. The van der Waals surface area contributed by atoms with Gasteiger partial charge < -0.3 is 4.79 Å². The molecule has 7 heavy (non-hydrogen) atoms. The maximum Gasteiger partial charge on any atom is 0.144 e. The second kappa shape index (κ2) is 1.87. The number of rotatable bonds is 1. The normalized spacial score (nSPS) is 28.3.